The Balaban J connectivity index is 1.94. The van der Waals surface area contributed by atoms with E-state index >= 15 is 0 Å². The molecule has 0 unspecified atom stereocenters. The number of amides is 1. The van der Waals surface area contributed by atoms with Crippen molar-refractivity contribution in [2.75, 3.05) is 11.9 Å². The van der Waals surface area contributed by atoms with Gasteiger partial charge in [-0.1, -0.05) is 37.5 Å². The fourth-order valence-electron chi connectivity index (χ4n) is 4.21. The molecular formula is C25H30FNO4. The van der Waals surface area contributed by atoms with E-state index in [2.05, 4.69) is 5.32 Å². The van der Waals surface area contributed by atoms with E-state index in [1.54, 1.807) is 43.3 Å². The Kier molecular flexibility index (Phi) is 7.31. The summed E-state index contributed by atoms with van der Waals surface area (Å²) in [4.78, 5) is 25.9. The van der Waals surface area contributed by atoms with Gasteiger partial charge in [-0.2, -0.15) is 0 Å². The van der Waals surface area contributed by atoms with Gasteiger partial charge >= 0.3 is 5.97 Å². The van der Waals surface area contributed by atoms with Crippen LogP contribution in [0.15, 0.2) is 42.5 Å². The Morgan fingerprint density at radius 1 is 1.10 bits per heavy atom. The Bertz CT molecular complexity index is 935. The van der Waals surface area contributed by atoms with Gasteiger partial charge in [0.15, 0.2) is 0 Å². The molecule has 0 heterocycles. The summed E-state index contributed by atoms with van der Waals surface area (Å²) in [6.07, 6.45) is 3.78. The molecule has 5 nitrogen and oxygen atoms in total. The topological polar surface area (TPSA) is 64.6 Å². The number of anilines is 1. The third-order valence-electron chi connectivity index (χ3n) is 5.63. The molecule has 0 radical (unpaired) electrons. The molecule has 1 aliphatic rings. The van der Waals surface area contributed by atoms with Crippen molar-refractivity contribution in [2.24, 2.45) is 0 Å². The van der Waals surface area contributed by atoms with Gasteiger partial charge < -0.3 is 14.8 Å². The van der Waals surface area contributed by atoms with Gasteiger partial charge in [-0.05, 0) is 57.9 Å². The van der Waals surface area contributed by atoms with E-state index in [0.717, 1.165) is 19.3 Å². The summed E-state index contributed by atoms with van der Waals surface area (Å²) in [6.45, 7) is 5.69. The number of carbonyl (C=O) groups excluding carboxylic acids is 2. The third-order valence-corrected chi connectivity index (χ3v) is 5.63. The highest BCUT2D eigenvalue weighted by atomic mass is 19.1. The van der Waals surface area contributed by atoms with Crippen molar-refractivity contribution in [3.05, 3.63) is 59.4 Å². The maximum Gasteiger partial charge on any atom is 0.341 e. The first kappa shape index (κ1) is 22.8. The zero-order chi connectivity index (χ0) is 22.4. The van der Waals surface area contributed by atoms with Crippen molar-refractivity contribution in [3.8, 4) is 5.75 Å². The lowest BCUT2D eigenvalue weighted by Crippen LogP contribution is -2.42. The molecule has 1 fully saturated rings. The molecular weight excluding hydrogens is 397 g/mol. The fraction of sp³-hybridized carbons (Fsp3) is 0.440. The van der Waals surface area contributed by atoms with E-state index in [4.69, 9.17) is 9.47 Å². The number of rotatable bonds is 7. The van der Waals surface area contributed by atoms with Crippen molar-refractivity contribution in [1.82, 2.24) is 0 Å². The summed E-state index contributed by atoms with van der Waals surface area (Å²) >= 11 is 0. The molecule has 0 aromatic heterocycles. The van der Waals surface area contributed by atoms with E-state index in [1.807, 2.05) is 13.8 Å². The van der Waals surface area contributed by atoms with Gasteiger partial charge in [0, 0.05) is 11.3 Å². The van der Waals surface area contributed by atoms with Gasteiger partial charge in [-0.3, -0.25) is 4.79 Å². The quantitative estimate of drug-likeness (QED) is 0.582. The van der Waals surface area contributed by atoms with Gasteiger partial charge in [0.2, 0.25) is 5.91 Å². The van der Waals surface area contributed by atoms with Gasteiger partial charge in [-0.25, -0.2) is 9.18 Å². The van der Waals surface area contributed by atoms with E-state index in [1.165, 1.54) is 6.07 Å². The maximum absolute atomic E-state index is 14.7. The molecule has 1 aliphatic carbocycles. The summed E-state index contributed by atoms with van der Waals surface area (Å²) < 4.78 is 25.6. The molecule has 1 N–H and O–H groups in total. The summed E-state index contributed by atoms with van der Waals surface area (Å²) in [5.74, 6) is -0.749. The van der Waals surface area contributed by atoms with Gasteiger partial charge in [0.1, 0.15) is 17.1 Å². The van der Waals surface area contributed by atoms with Crippen molar-refractivity contribution in [2.45, 2.75) is 64.4 Å². The van der Waals surface area contributed by atoms with Crippen LogP contribution < -0.4 is 10.1 Å². The average Bonchev–Trinajstić information content (AvgIpc) is 2.75. The number of halogens is 1. The van der Waals surface area contributed by atoms with Crippen molar-refractivity contribution in [3.63, 3.8) is 0 Å². The Labute approximate surface area is 182 Å². The standard InChI is InChI=1S/C25H30FNO4/c1-4-30-23(28)19-16-18(12-13-22(19)31-17(2)3)27-24(29)25(14-8-5-9-15-25)20-10-6-7-11-21(20)26/h6-7,10-13,16-17H,4-5,8-9,14-15H2,1-3H3,(H,27,29). The van der Waals surface area contributed by atoms with Crippen molar-refractivity contribution in [1.29, 1.82) is 0 Å². The molecule has 1 saturated carbocycles. The minimum Gasteiger partial charge on any atom is -0.490 e. The first-order valence-electron chi connectivity index (χ1n) is 10.9. The normalized spacial score (nSPS) is 15.4. The highest BCUT2D eigenvalue weighted by Gasteiger charge is 2.43. The molecule has 166 valence electrons. The van der Waals surface area contributed by atoms with Crippen LogP contribution in [0, 0.1) is 5.82 Å². The lowest BCUT2D eigenvalue weighted by Gasteiger charge is -2.36. The van der Waals surface area contributed by atoms with Crippen molar-refractivity contribution < 1.29 is 23.5 Å². The van der Waals surface area contributed by atoms with Crippen molar-refractivity contribution >= 4 is 17.6 Å². The van der Waals surface area contributed by atoms with Crippen LogP contribution in [0.25, 0.3) is 0 Å². The summed E-state index contributed by atoms with van der Waals surface area (Å²) in [6, 6.07) is 11.4. The van der Waals surface area contributed by atoms with Gasteiger partial charge in [0.25, 0.3) is 0 Å². The van der Waals surface area contributed by atoms with E-state index in [0.29, 0.717) is 29.8 Å². The Morgan fingerprint density at radius 3 is 2.45 bits per heavy atom. The second-order valence-corrected chi connectivity index (χ2v) is 8.17. The minimum absolute atomic E-state index is 0.125. The van der Waals surface area contributed by atoms with Gasteiger partial charge in [0.05, 0.1) is 18.1 Å². The van der Waals surface area contributed by atoms with Crippen LogP contribution in [0.2, 0.25) is 0 Å². The van der Waals surface area contributed by atoms with Crippen LogP contribution in [0.1, 0.15) is 68.8 Å². The van der Waals surface area contributed by atoms with Crippen LogP contribution in [-0.4, -0.2) is 24.6 Å². The van der Waals surface area contributed by atoms with Crippen LogP contribution in [0.3, 0.4) is 0 Å². The van der Waals surface area contributed by atoms with E-state index < -0.39 is 11.4 Å². The molecule has 1 amide bonds. The number of benzene rings is 2. The summed E-state index contributed by atoms with van der Waals surface area (Å²) in [5, 5.41) is 2.93. The molecule has 3 rings (SSSR count). The molecule has 31 heavy (non-hydrogen) atoms. The molecule has 0 atom stereocenters. The number of carbonyl (C=O) groups is 2. The average molecular weight is 428 g/mol. The molecule has 0 spiro atoms. The zero-order valence-corrected chi connectivity index (χ0v) is 18.4. The number of hydrogen-bond acceptors (Lipinski definition) is 4. The molecule has 0 bridgehead atoms. The first-order valence-corrected chi connectivity index (χ1v) is 10.9. The van der Waals surface area contributed by atoms with Crippen LogP contribution in [0.5, 0.6) is 5.75 Å². The number of esters is 1. The van der Waals surface area contributed by atoms with Crippen LogP contribution >= 0.6 is 0 Å². The van der Waals surface area contributed by atoms with E-state index in [9.17, 15) is 14.0 Å². The number of ether oxygens (including phenoxy) is 2. The molecule has 0 aliphatic heterocycles. The van der Waals surface area contributed by atoms with Gasteiger partial charge in [-0.15, -0.1) is 0 Å². The lowest BCUT2D eigenvalue weighted by molar-refractivity contribution is -0.122. The Morgan fingerprint density at radius 2 is 1.81 bits per heavy atom. The largest absolute Gasteiger partial charge is 0.490 e. The second kappa shape index (κ2) is 9.94. The predicted octanol–water partition coefficient (Wildman–Crippen LogP) is 5.63. The molecule has 0 saturated heterocycles. The summed E-state index contributed by atoms with van der Waals surface area (Å²) in [7, 11) is 0. The number of hydrogen-bond donors (Lipinski definition) is 1. The number of nitrogens with one attached hydrogen (secondary N) is 1. The monoisotopic (exact) mass is 427 g/mol. The minimum atomic E-state index is -0.930. The first-order chi connectivity index (χ1) is 14.9. The summed E-state index contributed by atoms with van der Waals surface area (Å²) in [5.41, 5.74) is 0.195. The fourth-order valence-corrected chi connectivity index (χ4v) is 4.21. The van der Waals surface area contributed by atoms with Crippen LogP contribution in [0.4, 0.5) is 10.1 Å². The molecule has 2 aromatic carbocycles. The predicted molar refractivity (Wildman–Crippen MR) is 118 cm³/mol. The SMILES string of the molecule is CCOC(=O)c1cc(NC(=O)C2(c3ccccc3F)CCCCC2)ccc1OC(C)C. The molecule has 2 aromatic rings. The Hall–Kier alpha value is -2.89. The second-order valence-electron chi connectivity index (χ2n) is 8.17. The maximum atomic E-state index is 14.7. The zero-order valence-electron chi connectivity index (χ0n) is 18.4. The highest BCUT2D eigenvalue weighted by molar-refractivity contribution is 6.01. The lowest BCUT2D eigenvalue weighted by atomic mass is 9.68. The van der Waals surface area contributed by atoms with Crippen LogP contribution in [-0.2, 0) is 14.9 Å². The highest BCUT2D eigenvalue weighted by Crippen LogP contribution is 2.41. The third kappa shape index (κ3) is 5.06. The van der Waals surface area contributed by atoms with E-state index in [-0.39, 0.29) is 30.0 Å². The molecule has 6 heteroatoms. The smallest absolute Gasteiger partial charge is 0.341 e.